The van der Waals surface area contributed by atoms with Crippen LogP contribution in [0.15, 0.2) is 54.6 Å². The zero-order chi connectivity index (χ0) is 14.2. The molecule has 0 bridgehead atoms. The van der Waals surface area contributed by atoms with Gasteiger partial charge in [-0.2, -0.15) is 0 Å². The molecule has 0 atom stereocenters. The summed E-state index contributed by atoms with van der Waals surface area (Å²) < 4.78 is 0. The van der Waals surface area contributed by atoms with Crippen LogP contribution in [0.3, 0.4) is 0 Å². The van der Waals surface area contributed by atoms with Crippen LogP contribution in [0.25, 0.3) is 0 Å². The second-order valence-corrected chi connectivity index (χ2v) is 5.07. The van der Waals surface area contributed by atoms with Gasteiger partial charge in [0.2, 0.25) is 5.91 Å². The van der Waals surface area contributed by atoms with Gasteiger partial charge < -0.3 is 5.73 Å². The predicted octanol–water partition coefficient (Wildman–Crippen LogP) is 3.74. The second-order valence-electron chi connectivity index (χ2n) is 5.07. The molecule has 0 aromatic heterocycles. The Morgan fingerprint density at radius 1 is 0.800 bits per heavy atom. The Hall–Kier alpha value is -2.09. The number of hydrogen-bond acceptors (Lipinski definition) is 1. The first-order chi connectivity index (χ1) is 9.77. The lowest BCUT2D eigenvalue weighted by molar-refractivity contribution is 0.0999. The summed E-state index contributed by atoms with van der Waals surface area (Å²) in [5.41, 5.74) is 8.51. The van der Waals surface area contributed by atoms with Crippen molar-refractivity contribution in [2.24, 2.45) is 5.73 Å². The minimum atomic E-state index is -0.329. The molecular weight excluding hydrogens is 246 g/mol. The van der Waals surface area contributed by atoms with Gasteiger partial charge in [-0.05, 0) is 42.9 Å². The number of benzene rings is 2. The van der Waals surface area contributed by atoms with Gasteiger partial charge in [0.25, 0.3) is 0 Å². The smallest absolute Gasteiger partial charge is 0.248 e. The van der Waals surface area contributed by atoms with E-state index in [-0.39, 0.29) is 5.91 Å². The van der Waals surface area contributed by atoms with Crippen LogP contribution < -0.4 is 5.73 Å². The lowest BCUT2D eigenvalue weighted by atomic mass is 9.99. The SMILES string of the molecule is NC(=O)c1ccccc1CCCCCc1ccccc1. The molecule has 2 nitrogen and oxygen atoms in total. The molecule has 2 heteroatoms. The summed E-state index contributed by atoms with van der Waals surface area (Å²) >= 11 is 0. The van der Waals surface area contributed by atoms with Gasteiger partial charge >= 0.3 is 0 Å². The highest BCUT2D eigenvalue weighted by atomic mass is 16.1. The molecule has 0 aliphatic carbocycles. The van der Waals surface area contributed by atoms with Crippen LogP contribution in [0, 0.1) is 0 Å². The summed E-state index contributed by atoms with van der Waals surface area (Å²) in [6, 6.07) is 18.2. The number of nitrogens with two attached hydrogens (primary N) is 1. The van der Waals surface area contributed by atoms with Gasteiger partial charge in [0.1, 0.15) is 0 Å². The molecule has 0 saturated carbocycles. The molecule has 0 radical (unpaired) electrons. The van der Waals surface area contributed by atoms with E-state index in [0.29, 0.717) is 5.56 Å². The van der Waals surface area contributed by atoms with Crippen LogP contribution in [-0.4, -0.2) is 5.91 Å². The van der Waals surface area contributed by atoms with Gasteiger partial charge in [0.15, 0.2) is 0 Å². The number of primary amides is 1. The fraction of sp³-hybridized carbons (Fsp3) is 0.278. The second kappa shape index (κ2) is 7.49. The van der Waals surface area contributed by atoms with Crippen molar-refractivity contribution >= 4 is 5.91 Å². The summed E-state index contributed by atoms with van der Waals surface area (Å²) in [4.78, 5) is 11.3. The normalized spacial score (nSPS) is 10.4. The van der Waals surface area contributed by atoms with Crippen molar-refractivity contribution in [2.75, 3.05) is 0 Å². The molecule has 1 amide bonds. The zero-order valence-corrected chi connectivity index (χ0v) is 11.7. The third-order valence-electron chi connectivity index (χ3n) is 3.54. The van der Waals surface area contributed by atoms with E-state index in [2.05, 4.69) is 24.3 Å². The minimum absolute atomic E-state index is 0.329. The maximum Gasteiger partial charge on any atom is 0.248 e. The van der Waals surface area contributed by atoms with Gasteiger partial charge in [0.05, 0.1) is 0 Å². The fourth-order valence-electron chi connectivity index (χ4n) is 2.44. The van der Waals surface area contributed by atoms with Crippen LogP contribution in [0.2, 0.25) is 0 Å². The van der Waals surface area contributed by atoms with E-state index in [1.54, 1.807) is 0 Å². The van der Waals surface area contributed by atoms with Gasteiger partial charge in [-0.15, -0.1) is 0 Å². The molecule has 0 spiro atoms. The Kier molecular flexibility index (Phi) is 5.36. The summed E-state index contributed by atoms with van der Waals surface area (Å²) in [5.74, 6) is -0.329. The van der Waals surface area contributed by atoms with Crippen molar-refractivity contribution in [1.82, 2.24) is 0 Å². The maximum absolute atomic E-state index is 11.3. The van der Waals surface area contributed by atoms with Gasteiger partial charge in [-0.25, -0.2) is 0 Å². The van der Waals surface area contributed by atoms with Crippen LogP contribution in [-0.2, 0) is 12.8 Å². The lowest BCUT2D eigenvalue weighted by Gasteiger charge is -2.06. The molecule has 2 N–H and O–H groups in total. The summed E-state index contributed by atoms with van der Waals surface area (Å²) in [6.45, 7) is 0. The van der Waals surface area contributed by atoms with Gasteiger partial charge in [-0.1, -0.05) is 55.0 Å². The van der Waals surface area contributed by atoms with E-state index in [1.165, 1.54) is 18.4 Å². The topological polar surface area (TPSA) is 43.1 Å². The third kappa shape index (κ3) is 4.23. The number of carbonyl (C=O) groups is 1. The average Bonchev–Trinajstić information content (AvgIpc) is 2.48. The minimum Gasteiger partial charge on any atom is -0.366 e. The van der Waals surface area contributed by atoms with Crippen molar-refractivity contribution in [3.8, 4) is 0 Å². The molecule has 104 valence electrons. The molecular formula is C18H21NO. The van der Waals surface area contributed by atoms with Gasteiger partial charge in [-0.3, -0.25) is 4.79 Å². The summed E-state index contributed by atoms with van der Waals surface area (Å²) in [7, 11) is 0. The number of amides is 1. The average molecular weight is 267 g/mol. The van der Waals surface area contributed by atoms with Crippen LogP contribution in [0.5, 0.6) is 0 Å². The Morgan fingerprint density at radius 2 is 1.45 bits per heavy atom. The maximum atomic E-state index is 11.3. The first kappa shape index (κ1) is 14.3. The van der Waals surface area contributed by atoms with E-state index >= 15 is 0 Å². The molecule has 2 aromatic carbocycles. The molecule has 0 aliphatic heterocycles. The fourth-order valence-corrected chi connectivity index (χ4v) is 2.44. The molecule has 0 unspecified atom stereocenters. The monoisotopic (exact) mass is 267 g/mol. The van der Waals surface area contributed by atoms with Crippen molar-refractivity contribution < 1.29 is 4.79 Å². The third-order valence-corrected chi connectivity index (χ3v) is 3.54. The summed E-state index contributed by atoms with van der Waals surface area (Å²) in [5, 5.41) is 0. The highest BCUT2D eigenvalue weighted by molar-refractivity contribution is 5.94. The Bertz CT molecular complexity index is 548. The highest BCUT2D eigenvalue weighted by Gasteiger charge is 2.06. The molecule has 20 heavy (non-hydrogen) atoms. The van der Waals surface area contributed by atoms with Crippen molar-refractivity contribution in [1.29, 1.82) is 0 Å². The van der Waals surface area contributed by atoms with Gasteiger partial charge in [0, 0.05) is 5.56 Å². The van der Waals surface area contributed by atoms with Crippen LogP contribution in [0.4, 0.5) is 0 Å². The van der Waals surface area contributed by atoms with E-state index in [1.807, 2.05) is 30.3 Å². The van der Waals surface area contributed by atoms with Crippen molar-refractivity contribution in [3.63, 3.8) is 0 Å². The molecule has 2 aromatic rings. The number of hydrogen-bond donors (Lipinski definition) is 1. The number of aryl methyl sites for hydroxylation is 2. The molecule has 0 heterocycles. The number of rotatable bonds is 7. The Balaban J connectivity index is 1.75. The molecule has 0 saturated heterocycles. The largest absolute Gasteiger partial charge is 0.366 e. The quantitative estimate of drug-likeness (QED) is 0.763. The predicted molar refractivity (Wildman–Crippen MR) is 82.7 cm³/mol. The Morgan fingerprint density at radius 3 is 2.20 bits per heavy atom. The first-order valence-corrected chi connectivity index (χ1v) is 7.19. The van der Waals surface area contributed by atoms with E-state index in [4.69, 9.17) is 5.73 Å². The van der Waals surface area contributed by atoms with Crippen LogP contribution >= 0.6 is 0 Å². The van der Waals surface area contributed by atoms with E-state index in [9.17, 15) is 4.79 Å². The molecule has 0 aliphatic rings. The lowest BCUT2D eigenvalue weighted by Crippen LogP contribution is -2.13. The first-order valence-electron chi connectivity index (χ1n) is 7.19. The number of carbonyl (C=O) groups excluding carboxylic acids is 1. The zero-order valence-electron chi connectivity index (χ0n) is 11.7. The van der Waals surface area contributed by atoms with E-state index < -0.39 is 0 Å². The van der Waals surface area contributed by atoms with Crippen LogP contribution in [0.1, 0.15) is 40.7 Å². The summed E-state index contributed by atoms with van der Waals surface area (Å²) in [6.07, 6.45) is 5.49. The van der Waals surface area contributed by atoms with E-state index in [0.717, 1.165) is 24.8 Å². The van der Waals surface area contributed by atoms with Crippen molar-refractivity contribution in [3.05, 3.63) is 71.3 Å². The molecule has 0 fully saturated rings. The standard InChI is InChI=1S/C18H21NO/c19-18(20)17-14-8-7-13-16(17)12-6-2-5-11-15-9-3-1-4-10-15/h1,3-4,7-10,13-14H,2,5-6,11-12H2,(H2,19,20). The number of unbranched alkanes of at least 4 members (excludes halogenated alkanes) is 2. The Labute approximate surface area is 120 Å². The van der Waals surface area contributed by atoms with Crippen molar-refractivity contribution in [2.45, 2.75) is 32.1 Å². The highest BCUT2D eigenvalue weighted by Crippen LogP contribution is 2.13. The molecule has 2 rings (SSSR count).